The molecular formula is C22H30N2O2. The summed E-state index contributed by atoms with van der Waals surface area (Å²) in [4.78, 5) is 12.3. The van der Waals surface area contributed by atoms with Gasteiger partial charge in [0.05, 0.1) is 12.7 Å². The van der Waals surface area contributed by atoms with Crippen LogP contribution in [0.3, 0.4) is 0 Å². The summed E-state index contributed by atoms with van der Waals surface area (Å²) in [6.07, 6.45) is 6.54. The van der Waals surface area contributed by atoms with E-state index in [9.17, 15) is 4.79 Å². The first-order valence-electron chi connectivity index (χ1n) is 9.58. The molecular weight excluding hydrogens is 324 g/mol. The number of hydrogen-bond donors (Lipinski definition) is 1. The maximum Gasteiger partial charge on any atom is 0.251 e. The van der Waals surface area contributed by atoms with Crippen LogP contribution in [0.1, 0.15) is 59.4 Å². The minimum atomic E-state index is -0.350. The molecule has 26 heavy (non-hydrogen) atoms. The fourth-order valence-corrected chi connectivity index (χ4v) is 4.47. The van der Waals surface area contributed by atoms with E-state index in [-0.39, 0.29) is 5.91 Å². The second-order valence-electron chi connectivity index (χ2n) is 7.58. The molecule has 0 spiro atoms. The lowest BCUT2D eigenvalue weighted by Crippen LogP contribution is -2.17. The molecule has 1 aliphatic rings. The van der Waals surface area contributed by atoms with E-state index in [1.807, 2.05) is 26.0 Å². The average Bonchev–Trinajstić information content (AvgIpc) is 2.87. The van der Waals surface area contributed by atoms with Gasteiger partial charge in [-0.25, -0.2) is 0 Å². The van der Waals surface area contributed by atoms with Gasteiger partial charge in [-0.15, -0.1) is 0 Å². The Morgan fingerprint density at radius 1 is 1.15 bits per heavy atom. The highest BCUT2D eigenvalue weighted by atomic mass is 16.5. The lowest BCUT2D eigenvalue weighted by atomic mass is 9.89. The van der Waals surface area contributed by atoms with E-state index >= 15 is 0 Å². The van der Waals surface area contributed by atoms with Crippen molar-refractivity contribution in [2.75, 3.05) is 7.11 Å². The van der Waals surface area contributed by atoms with Crippen LogP contribution in [-0.2, 0) is 6.54 Å². The molecule has 4 heteroatoms. The van der Waals surface area contributed by atoms with Gasteiger partial charge in [0.2, 0.25) is 0 Å². The number of methoxy groups -OCH3 is 1. The molecule has 1 aromatic carbocycles. The van der Waals surface area contributed by atoms with Gasteiger partial charge in [0.1, 0.15) is 5.75 Å². The van der Waals surface area contributed by atoms with Crippen molar-refractivity contribution in [3.63, 3.8) is 0 Å². The Kier molecular flexibility index (Phi) is 5.40. The summed E-state index contributed by atoms with van der Waals surface area (Å²) in [6, 6.07) is 6.06. The van der Waals surface area contributed by atoms with Gasteiger partial charge in [-0.2, -0.15) is 0 Å². The number of carbonyl (C=O) groups is 1. The first-order chi connectivity index (χ1) is 12.4. The Bertz CT molecular complexity index is 814. The molecule has 0 radical (unpaired) electrons. The lowest BCUT2D eigenvalue weighted by molar-refractivity contribution is 0.1000. The molecule has 0 bridgehead atoms. The molecule has 1 aromatic heterocycles. The number of primary amides is 1. The van der Waals surface area contributed by atoms with E-state index in [1.54, 1.807) is 7.11 Å². The standard InChI is InChI=1S/C22H30N2O2/c1-14-12-18(10-11-19(14)26-4)20-15(2)24(16(3)21(20)22(23)25)13-17-8-6-5-7-9-17/h10-12,17H,5-9,13H2,1-4H3,(H2,23,25). The second-order valence-corrected chi connectivity index (χ2v) is 7.58. The molecule has 0 saturated heterocycles. The van der Waals surface area contributed by atoms with Crippen LogP contribution < -0.4 is 10.5 Å². The molecule has 0 unspecified atom stereocenters. The van der Waals surface area contributed by atoms with Crippen molar-refractivity contribution in [3.05, 3.63) is 40.7 Å². The van der Waals surface area contributed by atoms with Crippen molar-refractivity contribution in [1.82, 2.24) is 4.57 Å². The number of aryl methyl sites for hydroxylation is 1. The van der Waals surface area contributed by atoms with Crippen LogP contribution in [0.25, 0.3) is 11.1 Å². The minimum Gasteiger partial charge on any atom is -0.496 e. The third-order valence-corrected chi connectivity index (χ3v) is 5.88. The van der Waals surface area contributed by atoms with E-state index < -0.39 is 0 Å². The Labute approximate surface area is 156 Å². The van der Waals surface area contributed by atoms with Gasteiger partial charge in [-0.05, 0) is 62.8 Å². The normalized spacial score (nSPS) is 15.2. The number of aromatic nitrogens is 1. The number of amides is 1. The van der Waals surface area contributed by atoms with Gasteiger partial charge in [-0.1, -0.05) is 25.3 Å². The van der Waals surface area contributed by atoms with Crippen LogP contribution in [0, 0.1) is 26.7 Å². The molecule has 3 rings (SSSR count). The highest BCUT2D eigenvalue weighted by molar-refractivity contribution is 6.02. The van der Waals surface area contributed by atoms with Crippen molar-refractivity contribution in [2.45, 2.75) is 59.4 Å². The molecule has 1 amide bonds. The Balaban J connectivity index is 2.08. The van der Waals surface area contributed by atoms with E-state index in [2.05, 4.69) is 17.6 Å². The maximum absolute atomic E-state index is 12.3. The average molecular weight is 354 g/mol. The van der Waals surface area contributed by atoms with Crippen LogP contribution in [-0.4, -0.2) is 17.6 Å². The van der Waals surface area contributed by atoms with Gasteiger partial charge in [0.25, 0.3) is 5.91 Å². The summed E-state index contributed by atoms with van der Waals surface area (Å²) in [5.41, 5.74) is 11.6. The fraction of sp³-hybridized carbons (Fsp3) is 0.500. The van der Waals surface area contributed by atoms with E-state index in [0.717, 1.165) is 40.4 Å². The Morgan fingerprint density at radius 2 is 1.85 bits per heavy atom. The number of rotatable bonds is 5. The SMILES string of the molecule is COc1ccc(-c2c(C(N)=O)c(C)n(CC3CCCCC3)c2C)cc1C. The molecule has 140 valence electrons. The number of carbonyl (C=O) groups excluding carboxylic acids is 1. The molecule has 1 aliphatic carbocycles. The van der Waals surface area contributed by atoms with Gasteiger partial charge >= 0.3 is 0 Å². The topological polar surface area (TPSA) is 57.2 Å². The summed E-state index contributed by atoms with van der Waals surface area (Å²) in [6.45, 7) is 7.13. The zero-order valence-corrected chi connectivity index (χ0v) is 16.4. The number of nitrogens with two attached hydrogens (primary N) is 1. The Morgan fingerprint density at radius 3 is 2.42 bits per heavy atom. The van der Waals surface area contributed by atoms with Crippen LogP contribution in [0.2, 0.25) is 0 Å². The van der Waals surface area contributed by atoms with Gasteiger partial charge in [0.15, 0.2) is 0 Å². The van der Waals surface area contributed by atoms with Crippen LogP contribution >= 0.6 is 0 Å². The van der Waals surface area contributed by atoms with Crippen molar-refractivity contribution in [3.8, 4) is 16.9 Å². The monoisotopic (exact) mass is 354 g/mol. The molecule has 1 fully saturated rings. The first kappa shape index (κ1) is 18.6. The second kappa shape index (κ2) is 7.56. The number of ether oxygens (including phenoxy) is 1. The highest BCUT2D eigenvalue weighted by Gasteiger charge is 2.25. The Hall–Kier alpha value is -2.23. The molecule has 1 saturated carbocycles. The van der Waals surface area contributed by atoms with Crippen molar-refractivity contribution in [2.24, 2.45) is 11.7 Å². The zero-order chi connectivity index (χ0) is 18.8. The van der Waals surface area contributed by atoms with Crippen LogP contribution in [0.15, 0.2) is 18.2 Å². The van der Waals surface area contributed by atoms with Crippen LogP contribution in [0.5, 0.6) is 5.75 Å². The van der Waals surface area contributed by atoms with E-state index in [1.165, 1.54) is 32.1 Å². The predicted octanol–water partition coefficient (Wildman–Crippen LogP) is 4.77. The molecule has 0 atom stereocenters. The van der Waals surface area contributed by atoms with E-state index in [4.69, 9.17) is 10.5 Å². The summed E-state index contributed by atoms with van der Waals surface area (Å²) >= 11 is 0. The minimum absolute atomic E-state index is 0.350. The van der Waals surface area contributed by atoms with Gasteiger partial charge in [0, 0.05) is 23.5 Å². The summed E-state index contributed by atoms with van der Waals surface area (Å²) in [5.74, 6) is 1.20. The quantitative estimate of drug-likeness (QED) is 0.841. The highest BCUT2D eigenvalue weighted by Crippen LogP contribution is 2.36. The molecule has 2 aromatic rings. The van der Waals surface area contributed by atoms with Crippen LogP contribution in [0.4, 0.5) is 0 Å². The van der Waals surface area contributed by atoms with Crippen molar-refractivity contribution >= 4 is 5.91 Å². The summed E-state index contributed by atoms with van der Waals surface area (Å²) in [5, 5.41) is 0. The zero-order valence-electron chi connectivity index (χ0n) is 16.4. The maximum atomic E-state index is 12.3. The smallest absolute Gasteiger partial charge is 0.251 e. The third-order valence-electron chi connectivity index (χ3n) is 5.88. The fourth-order valence-electron chi connectivity index (χ4n) is 4.47. The van der Waals surface area contributed by atoms with Gasteiger partial charge in [-0.3, -0.25) is 4.79 Å². The van der Waals surface area contributed by atoms with E-state index in [0.29, 0.717) is 11.5 Å². The lowest BCUT2D eigenvalue weighted by Gasteiger charge is -2.23. The first-order valence-corrected chi connectivity index (χ1v) is 9.58. The molecule has 4 nitrogen and oxygen atoms in total. The number of benzene rings is 1. The van der Waals surface area contributed by atoms with Gasteiger partial charge < -0.3 is 15.0 Å². The molecule has 1 heterocycles. The summed E-state index contributed by atoms with van der Waals surface area (Å²) < 4.78 is 7.69. The largest absolute Gasteiger partial charge is 0.496 e. The third kappa shape index (κ3) is 3.37. The predicted molar refractivity (Wildman–Crippen MR) is 106 cm³/mol. The molecule has 2 N–H and O–H groups in total. The summed E-state index contributed by atoms with van der Waals surface area (Å²) in [7, 11) is 1.67. The number of hydrogen-bond acceptors (Lipinski definition) is 2. The van der Waals surface area contributed by atoms with Crippen molar-refractivity contribution < 1.29 is 9.53 Å². The molecule has 0 aliphatic heterocycles. The number of nitrogens with zero attached hydrogens (tertiary/aromatic N) is 1. The van der Waals surface area contributed by atoms with Crippen molar-refractivity contribution in [1.29, 1.82) is 0 Å².